The molecule has 31 heavy (non-hydrogen) atoms. The molecule has 3 nitrogen and oxygen atoms in total. The molecular formula is C26H29FN2OS. The number of carbonyl (C=O) groups excluding carboxylic acids is 1. The van der Waals surface area contributed by atoms with Crippen LogP contribution in [0, 0.1) is 34.4 Å². The van der Waals surface area contributed by atoms with Crippen LogP contribution in [0.3, 0.4) is 0 Å². The summed E-state index contributed by atoms with van der Waals surface area (Å²) in [6, 6.07) is 6.77. The molecule has 0 aliphatic heterocycles. The molecule has 4 aliphatic rings. The van der Waals surface area contributed by atoms with Gasteiger partial charge in [0.05, 0.1) is 11.4 Å². The van der Waals surface area contributed by atoms with Crippen molar-refractivity contribution in [2.45, 2.75) is 58.8 Å². The van der Waals surface area contributed by atoms with Crippen LogP contribution < -0.4 is 5.32 Å². The lowest BCUT2D eigenvalue weighted by Gasteiger charge is -2.55. The highest BCUT2D eigenvalue weighted by Gasteiger charge is 2.58. The maximum Gasteiger partial charge on any atom is 0.188 e. The number of para-hydroxylation sites is 1. The molecule has 1 heterocycles. The molecule has 1 aromatic carbocycles. The average molecular weight is 437 g/mol. The molecule has 0 spiro atoms. The van der Waals surface area contributed by atoms with E-state index in [0.29, 0.717) is 29.2 Å². The summed E-state index contributed by atoms with van der Waals surface area (Å²) in [5.74, 6) is 2.05. The molecular weight excluding hydrogens is 407 g/mol. The van der Waals surface area contributed by atoms with Gasteiger partial charge < -0.3 is 5.32 Å². The predicted molar refractivity (Wildman–Crippen MR) is 123 cm³/mol. The van der Waals surface area contributed by atoms with Gasteiger partial charge in [0.1, 0.15) is 11.6 Å². The second kappa shape index (κ2) is 6.74. The van der Waals surface area contributed by atoms with Gasteiger partial charge in [0, 0.05) is 16.7 Å². The van der Waals surface area contributed by atoms with Crippen LogP contribution in [0.4, 0.5) is 15.2 Å². The van der Waals surface area contributed by atoms with Crippen molar-refractivity contribution in [3.63, 3.8) is 0 Å². The number of hydrogen-bond acceptors (Lipinski definition) is 4. The summed E-state index contributed by atoms with van der Waals surface area (Å²) in [7, 11) is 0. The molecule has 0 amide bonds. The molecule has 162 valence electrons. The molecule has 0 unspecified atom stereocenters. The maximum absolute atomic E-state index is 14.1. The molecule has 2 fully saturated rings. The first-order chi connectivity index (χ1) is 14.9. The topological polar surface area (TPSA) is 42.0 Å². The Bertz CT molecular complexity index is 1110. The Labute approximate surface area is 187 Å². The predicted octanol–water partition coefficient (Wildman–Crippen LogP) is 6.78. The van der Waals surface area contributed by atoms with Crippen molar-refractivity contribution < 1.29 is 9.18 Å². The third-order valence-corrected chi connectivity index (χ3v) is 10.1. The van der Waals surface area contributed by atoms with Gasteiger partial charge in [-0.15, -0.1) is 11.3 Å². The van der Waals surface area contributed by atoms with Gasteiger partial charge in [-0.3, -0.25) is 4.79 Å². The van der Waals surface area contributed by atoms with E-state index in [-0.39, 0.29) is 16.6 Å². The SMILES string of the molecule is C[C@]12CCc3sc(Nc4ccccc4F)nc3C1=CC[C@@H]1[C@@H]2CC[C@]2(C)C(=O)CC[C@@H]12. The number of nitrogens with zero attached hydrogens (tertiary/aromatic N) is 1. The molecule has 5 heteroatoms. The van der Waals surface area contributed by atoms with Crippen molar-refractivity contribution in [1.29, 1.82) is 0 Å². The number of halogens is 1. The summed E-state index contributed by atoms with van der Waals surface area (Å²) in [6.07, 6.45) is 9.74. The number of carbonyl (C=O) groups is 1. The van der Waals surface area contributed by atoms with E-state index in [1.807, 2.05) is 6.07 Å². The minimum atomic E-state index is -0.253. The van der Waals surface area contributed by atoms with Gasteiger partial charge in [-0.25, -0.2) is 9.37 Å². The lowest BCUT2D eigenvalue weighted by molar-refractivity contribution is -0.131. The molecule has 1 N–H and O–H groups in total. The van der Waals surface area contributed by atoms with Crippen molar-refractivity contribution in [2.24, 2.45) is 28.6 Å². The van der Waals surface area contributed by atoms with Gasteiger partial charge >= 0.3 is 0 Å². The first-order valence-electron chi connectivity index (χ1n) is 11.7. The van der Waals surface area contributed by atoms with Crippen molar-refractivity contribution in [3.05, 3.63) is 46.7 Å². The fourth-order valence-corrected chi connectivity index (χ4v) is 8.38. The fraction of sp³-hybridized carbons (Fsp3) is 0.538. The summed E-state index contributed by atoms with van der Waals surface area (Å²) < 4.78 is 14.1. The Balaban J connectivity index is 1.34. The molecule has 1 aromatic heterocycles. The van der Waals surface area contributed by atoms with E-state index in [1.165, 1.54) is 16.5 Å². The normalized spacial score (nSPS) is 36.2. The number of hydrogen-bond donors (Lipinski definition) is 1. The quantitative estimate of drug-likeness (QED) is 0.564. The molecule has 0 saturated heterocycles. The van der Waals surface area contributed by atoms with Gasteiger partial charge in [-0.05, 0) is 79.4 Å². The van der Waals surface area contributed by atoms with Gasteiger partial charge in [-0.2, -0.15) is 0 Å². The van der Waals surface area contributed by atoms with Crippen LogP contribution in [0.5, 0.6) is 0 Å². The smallest absolute Gasteiger partial charge is 0.188 e. The number of rotatable bonds is 2. The molecule has 5 atom stereocenters. The van der Waals surface area contributed by atoms with Gasteiger partial charge in [0.25, 0.3) is 0 Å². The largest absolute Gasteiger partial charge is 0.329 e. The van der Waals surface area contributed by atoms with E-state index >= 15 is 0 Å². The monoisotopic (exact) mass is 436 g/mol. The fourth-order valence-electron chi connectivity index (χ4n) is 7.39. The number of thiazole rings is 1. The van der Waals surface area contributed by atoms with Gasteiger partial charge in [0.15, 0.2) is 5.13 Å². The highest BCUT2D eigenvalue weighted by molar-refractivity contribution is 7.15. The first-order valence-corrected chi connectivity index (χ1v) is 12.5. The summed E-state index contributed by atoms with van der Waals surface area (Å²) in [5, 5.41) is 3.98. The Morgan fingerprint density at radius 2 is 1.90 bits per heavy atom. The molecule has 6 rings (SSSR count). The number of Topliss-reactive ketones (excluding diaryl/α,β-unsaturated/α-hetero) is 1. The van der Waals surface area contributed by atoms with E-state index in [0.717, 1.165) is 55.8 Å². The summed E-state index contributed by atoms with van der Waals surface area (Å²) >= 11 is 1.66. The third-order valence-electron chi connectivity index (χ3n) is 9.11. The summed E-state index contributed by atoms with van der Waals surface area (Å²) in [6.45, 7) is 4.69. The molecule has 4 aliphatic carbocycles. The molecule has 2 aromatic rings. The third kappa shape index (κ3) is 2.75. The van der Waals surface area contributed by atoms with Crippen LogP contribution in [0.2, 0.25) is 0 Å². The Morgan fingerprint density at radius 3 is 2.74 bits per heavy atom. The van der Waals surface area contributed by atoms with E-state index in [1.54, 1.807) is 23.5 Å². The molecule has 0 bridgehead atoms. The van der Waals surface area contributed by atoms with Crippen LogP contribution in [-0.4, -0.2) is 10.8 Å². The number of fused-ring (bicyclic) bond motifs is 7. The van der Waals surface area contributed by atoms with Crippen molar-refractivity contribution in [1.82, 2.24) is 4.98 Å². The average Bonchev–Trinajstić information content (AvgIpc) is 3.29. The van der Waals surface area contributed by atoms with Crippen LogP contribution in [-0.2, 0) is 11.2 Å². The molecule has 0 radical (unpaired) electrons. The minimum absolute atomic E-state index is 0.0832. The Morgan fingerprint density at radius 1 is 1.10 bits per heavy atom. The number of ketones is 1. The number of aryl methyl sites for hydroxylation is 1. The number of allylic oxidation sites excluding steroid dienone is 2. The van der Waals surface area contributed by atoms with Crippen LogP contribution in [0.15, 0.2) is 30.3 Å². The van der Waals surface area contributed by atoms with Crippen molar-refractivity contribution >= 4 is 33.5 Å². The van der Waals surface area contributed by atoms with E-state index in [9.17, 15) is 9.18 Å². The zero-order chi connectivity index (χ0) is 21.4. The van der Waals surface area contributed by atoms with Crippen LogP contribution >= 0.6 is 11.3 Å². The number of anilines is 2. The lowest BCUT2D eigenvalue weighted by Crippen LogP contribution is -2.49. The summed E-state index contributed by atoms with van der Waals surface area (Å²) in [5.41, 5.74) is 3.06. The number of nitrogens with one attached hydrogen (secondary N) is 1. The van der Waals surface area contributed by atoms with E-state index in [2.05, 4.69) is 25.2 Å². The Hall–Kier alpha value is -2.01. The highest BCUT2D eigenvalue weighted by atomic mass is 32.1. The number of aromatic nitrogens is 1. The first kappa shape index (κ1) is 19.7. The summed E-state index contributed by atoms with van der Waals surface area (Å²) in [4.78, 5) is 18.9. The zero-order valence-corrected chi connectivity index (χ0v) is 19.0. The van der Waals surface area contributed by atoms with Crippen LogP contribution in [0.1, 0.15) is 62.9 Å². The Kier molecular flexibility index (Phi) is 4.28. The number of benzene rings is 1. The molecule has 2 saturated carbocycles. The van der Waals surface area contributed by atoms with E-state index in [4.69, 9.17) is 4.98 Å². The van der Waals surface area contributed by atoms with Gasteiger partial charge in [-0.1, -0.05) is 32.1 Å². The second-order valence-corrected chi connectivity index (χ2v) is 11.5. The second-order valence-electron chi connectivity index (χ2n) is 10.5. The maximum atomic E-state index is 14.1. The lowest BCUT2D eigenvalue weighted by atomic mass is 9.48. The van der Waals surface area contributed by atoms with Gasteiger partial charge in [0.2, 0.25) is 0 Å². The minimum Gasteiger partial charge on any atom is -0.329 e. The van der Waals surface area contributed by atoms with Crippen LogP contribution in [0.25, 0.3) is 5.57 Å². The van der Waals surface area contributed by atoms with E-state index < -0.39 is 0 Å². The highest BCUT2D eigenvalue weighted by Crippen LogP contribution is 2.65. The van der Waals surface area contributed by atoms with Crippen molar-refractivity contribution in [3.8, 4) is 0 Å². The standard InChI is InChI=1S/C26H29FN2OS/c1-25-14-12-21-23(29-24(31-21)28-20-6-4-3-5-19(20)27)18(25)8-7-15-16-9-10-22(30)26(16,2)13-11-17(15)25/h3-6,8,15-17H,7,9-14H2,1-2H3,(H,28,29)/t15-,16-,17-,25+,26-/m0/s1. The van der Waals surface area contributed by atoms with Crippen molar-refractivity contribution in [2.75, 3.05) is 5.32 Å². The zero-order valence-electron chi connectivity index (χ0n) is 18.2.